The number of aldehydes is 1. The average Bonchev–Trinajstić information content (AvgIpc) is 3.33. The van der Waals surface area contributed by atoms with Crippen LogP contribution in [0.25, 0.3) is 0 Å². The summed E-state index contributed by atoms with van der Waals surface area (Å²) < 4.78 is 2.07. The van der Waals surface area contributed by atoms with Gasteiger partial charge in [-0.25, -0.2) is 4.79 Å². The van der Waals surface area contributed by atoms with Crippen LogP contribution < -0.4 is 21.7 Å². The van der Waals surface area contributed by atoms with Gasteiger partial charge in [0.2, 0.25) is 10.9 Å². The highest BCUT2D eigenvalue weighted by Gasteiger charge is 2.15. The molecule has 1 atom stereocenters. The lowest BCUT2D eigenvalue weighted by Gasteiger charge is -2.10. The number of benzene rings is 4. The normalized spacial score (nSPS) is 10.4. The molecule has 6 N–H and O–H groups in total. The molecule has 16 heteroatoms. The van der Waals surface area contributed by atoms with E-state index in [0.717, 1.165) is 28.5 Å². The SMILES string of the molecule is O=C(O)c1c[nH]cc(Cc2ccccc2)c1=O.O=Cc1ccccc1.O=c1c(Br)c[nH]cc1Br.O=c1c(Br)c[nH]cc1C(O)c1ccccc1.O=c1c(Br)c[nH]cc1Cc1ccccc1. The van der Waals surface area contributed by atoms with Crippen molar-refractivity contribution in [1.82, 2.24) is 19.9 Å². The Morgan fingerprint density at radius 3 is 1.32 bits per heavy atom. The van der Waals surface area contributed by atoms with Crippen LogP contribution in [0.1, 0.15) is 60.2 Å². The predicted molar refractivity (Wildman–Crippen MR) is 267 cm³/mol. The van der Waals surface area contributed by atoms with Gasteiger partial charge in [-0.1, -0.05) is 121 Å². The van der Waals surface area contributed by atoms with Crippen molar-refractivity contribution in [3.05, 3.63) is 274 Å². The molecule has 0 bridgehead atoms. The number of halogens is 4. The predicted octanol–water partition coefficient (Wildman–Crippen LogP) is 10.0. The molecule has 1 unspecified atom stereocenters. The molecule has 4 aromatic heterocycles. The second-order valence-electron chi connectivity index (χ2n) is 13.4. The minimum Gasteiger partial charge on any atom is -0.477 e. The fraction of sp³-hybridized carbons (Fsp3) is 0.0612. The Kier molecular flexibility index (Phi) is 21.4. The maximum Gasteiger partial charge on any atom is 0.341 e. The lowest BCUT2D eigenvalue weighted by Crippen LogP contribution is -2.19. The van der Waals surface area contributed by atoms with Crippen LogP contribution in [0.5, 0.6) is 0 Å². The molecule has 65 heavy (non-hydrogen) atoms. The summed E-state index contributed by atoms with van der Waals surface area (Å²) in [5.74, 6) is -1.21. The number of carbonyl (C=O) groups excluding carboxylic acids is 1. The molecule has 0 saturated heterocycles. The van der Waals surface area contributed by atoms with Crippen LogP contribution in [0.4, 0.5) is 0 Å². The monoisotopic (exact) mass is 1130 g/mol. The molecule has 0 amide bonds. The van der Waals surface area contributed by atoms with Crippen LogP contribution in [-0.4, -0.2) is 42.4 Å². The van der Waals surface area contributed by atoms with E-state index in [-0.39, 0.29) is 21.8 Å². The van der Waals surface area contributed by atoms with E-state index in [0.29, 0.717) is 47.4 Å². The molecule has 0 aliphatic rings. The summed E-state index contributed by atoms with van der Waals surface area (Å²) in [5, 5.41) is 18.9. The fourth-order valence-corrected chi connectivity index (χ4v) is 7.24. The first-order valence-electron chi connectivity index (χ1n) is 19.3. The summed E-state index contributed by atoms with van der Waals surface area (Å²) in [6.07, 6.45) is 13.4. The molecule has 0 saturated carbocycles. The number of nitrogens with one attached hydrogen (secondary N) is 4. The number of carboxylic acids is 1. The Morgan fingerprint density at radius 1 is 0.492 bits per heavy atom. The molecular formula is C49H40Br4N4O8. The van der Waals surface area contributed by atoms with Gasteiger partial charge in [-0.2, -0.15) is 0 Å². The Balaban J connectivity index is 0.000000183. The zero-order valence-corrected chi connectivity index (χ0v) is 40.4. The highest BCUT2D eigenvalue weighted by atomic mass is 79.9. The van der Waals surface area contributed by atoms with Gasteiger partial charge in [0.15, 0.2) is 10.9 Å². The van der Waals surface area contributed by atoms with E-state index in [2.05, 4.69) is 83.7 Å². The van der Waals surface area contributed by atoms with Gasteiger partial charge in [0.05, 0.1) is 17.9 Å². The first kappa shape index (κ1) is 51.3. The van der Waals surface area contributed by atoms with Crippen LogP contribution in [0.15, 0.2) is 208 Å². The maximum absolute atomic E-state index is 11.8. The van der Waals surface area contributed by atoms with Crippen molar-refractivity contribution < 1.29 is 19.8 Å². The average molecular weight is 1130 g/mol. The molecule has 4 heterocycles. The molecule has 8 aromatic rings. The Hall–Kier alpha value is -6.30. The van der Waals surface area contributed by atoms with Crippen molar-refractivity contribution >= 4 is 76.0 Å². The molecule has 0 fully saturated rings. The quantitative estimate of drug-likeness (QED) is 0.0806. The van der Waals surface area contributed by atoms with E-state index in [9.17, 15) is 33.9 Å². The minimum absolute atomic E-state index is 0.0336. The molecule has 4 aromatic carbocycles. The smallest absolute Gasteiger partial charge is 0.341 e. The van der Waals surface area contributed by atoms with Gasteiger partial charge in [-0.05, 0) is 80.4 Å². The van der Waals surface area contributed by atoms with Crippen molar-refractivity contribution in [2.75, 3.05) is 0 Å². The van der Waals surface area contributed by atoms with E-state index >= 15 is 0 Å². The lowest BCUT2D eigenvalue weighted by molar-refractivity contribution is 0.0694. The van der Waals surface area contributed by atoms with E-state index < -0.39 is 17.5 Å². The van der Waals surface area contributed by atoms with Crippen molar-refractivity contribution in [3.63, 3.8) is 0 Å². The highest BCUT2D eigenvalue weighted by Crippen LogP contribution is 2.19. The van der Waals surface area contributed by atoms with Gasteiger partial charge < -0.3 is 30.1 Å². The van der Waals surface area contributed by atoms with Crippen LogP contribution in [0, 0.1) is 0 Å². The molecule has 0 radical (unpaired) electrons. The number of rotatable bonds is 8. The largest absolute Gasteiger partial charge is 0.477 e. The molecule has 12 nitrogen and oxygen atoms in total. The number of hydrogen-bond acceptors (Lipinski definition) is 7. The molecular weight excluding hydrogens is 1090 g/mol. The van der Waals surface area contributed by atoms with E-state index in [4.69, 9.17) is 5.11 Å². The molecule has 0 spiro atoms. The summed E-state index contributed by atoms with van der Waals surface area (Å²) in [7, 11) is 0. The molecule has 0 aliphatic heterocycles. The third-order valence-electron chi connectivity index (χ3n) is 8.83. The number of aromatic amines is 4. The Bertz CT molecular complexity index is 2960. The maximum atomic E-state index is 11.8. The van der Waals surface area contributed by atoms with Crippen molar-refractivity contribution in [1.29, 1.82) is 0 Å². The number of H-pyrrole nitrogens is 4. The van der Waals surface area contributed by atoms with Gasteiger partial charge in [-0.15, -0.1) is 0 Å². The number of aromatic carboxylic acids is 1. The van der Waals surface area contributed by atoms with Gasteiger partial charge in [-0.3, -0.25) is 24.0 Å². The number of aliphatic hydroxyl groups is 1. The zero-order valence-electron chi connectivity index (χ0n) is 34.1. The third-order valence-corrected chi connectivity index (χ3v) is 11.2. The number of hydrogen-bond donors (Lipinski definition) is 6. The topological polar surface area (TPSA) is 206 Å². The second-order valence-corrected chi connectivity index (χ2v) is 16.8. The van der Waals surface area contributed by atoms with Crippen LogP contribution >= 0.6 is 63.7 Å². The summed E-state index contributed by atoms with van der Waals surface area (Å²) in [6.45, 7) is 0. The minimum atomic E-state index is -1.21. The number of aliphatic hydroxyl groups excluding tert-OH is 1. The van der Waals surface area contributed by atoms with Crippen LogP contribution in [-0.2, 0) is 12.8 Å². The molecule has 332 valence electrons. The number of carboxylic acid groups (broad SMARTS) is 1. The van der Waals surface area contributed by atoms with Crippen molar-refractivity contribution in [3.8, 4) is 0 Å². The van der Waals surface area contributed by atoms with Gasteiger partial charge in [0.1, 0.15) is 18.0 Å². The Labute approximate surface area is 406 Å². The summed E-state index contributed by atoms with van der Waals surface area (Å²) in [4.78, 5) is 78.2. The number of carbonyl (C=O) groups is 2. The number of aromatic nitrogens is 4. The first-order chi connectivity index (χ1) is 31.3. The molecule has 8 rings (SSSR count). The number of pyridine rings is 4. The van der Waals surface area contributed by atoms with Gasteiger partial charge in [0.25, 0.3) is 0 Å². The van der Waals surface area contributed by atoms with E-state index in [1.54, 1.807) is 61.4 Å². The van der Waals surface area contributed by atoms with Crippen LogP contribution in [0.3, 0.4) is 0 Å². The van der Waals surface area contributed by atoms with E-state index in [1.807, 2.05) is 97.1 Å². The standard InChI is InChI=1S/C13H11NO3.C12H10BrNO2.C12H10BrNO.C7H6O.C5H3Br2NO/c15-12-10(6-9-4-2-1-3-5-9)7-14-8-11(12)13(16)17;13-10-7-14-6-9(12(10)16)11(15)8-4-2-1-3-5-8;13-11-8-14-7-10(12(11)15)6-9-4-2-1-3-5-9;8-6-7-4-2-1-3-5-7;6-3-1-8-2-4(7)5(3)9/h1-5,7-8H,6H2,(H,14,15)(H,16,17);1-7,11,15H,(H,14,16);1-5,7-8H,6H2,(H,14,15);1-6H;1-2H,(H,8,9). The second kappa shape index (κ2) is 27.1. The van der Waals surface area contributed by atoms with Crippen LogP contribution in [0.2, 0.25) is 0 Å². The zero-order chi connectivity index (χ0) is 47.1. The highest BCUT2D eigenvalue weighted by molar-refractivity contribution is 9.11. The Morgan fingerprint density at radius 2 is 0.877 bits per heavy atom. The van der Waals surface area contributed by atoms with Gasteiger partial charge in [0, 0.05) is 84.7 Å². The van der Waals surface area contributed by atoms with E-state index in [1.165, 1.54) is 12.4 Å². The summed E-state index contributed by atoms with van der Waals surface area (Å²) in [6, 6.07) is 37.6. The van der Waals surface area contributed by atoms with Crippen molar-refractivity contribution in [2.24, 2.45) is 0 Å². The summed E-state index contributed by atoms with van der Waals surface area (Å²) in [5.41, 5.74) is 4.27. The van der Waals surface area contributed by atoms with Gasteiger partial charge >= 0.3 is 5.97 Å². The first-order valence-corrected chi connectivity index (χ1v) is 22.5. The lowest BCUT2D eigenvalue weighted by atomic mass is 10.0. The fourth-order valence-electron chi connectivity index (χ4n) is 5.54. The third kappa shape index (κ3) is 16.6. The van der Waals surface area contributed by atoms with Crippen molar-refractivity contribution in [2.45, 2.75) is 18.9 Å². The summed E-state index contributed by atoms with van der Waals surface area (Å²) >= 11 is 12.5. The molecule has 0 aliphatic carbocycles.